The molecule has 6 nitrogen and oxygen atoms in total. The molecular formula is C13H14N2O4. The van der Waals surface area contributed by atoms with Gasteiger partial charge in [-0.3, -0.25) is 14.4 Å². The van der Waals surface area contributed by atoms with Crippen molar-refractivity contribution in [1.82, 2.24) is 0 Å². The number of carbonyl (C=O) groups excluding carboxylic acids is 2. The third kappa shape index (κ3) is 2.90. The van der Waals surface area contributed by atoms with E-state index in [0.717, 1.165) is 0 Å². The summed E-state index contributed by atoms with van der Waals surface area (Å²) in [7, 11) is 0. The number of anilines is 2. The van der Waals surface area contributed by atoms with Crippen molar-refractivity contribution in [2.75, 3.05) is 16.8 Å². The van der Waals surface area contributed by atoms with Crippen LogP contribution >= 0.6 is 0 Å². The van der Waals surface area contributed by atoms with Gasteiger partial charge in [-0.05, 0) is 24.3 Å². The largest absolute Gasteiger partial charge is 0.481 e. The normalized spacial score (nSPS) is 18.5. The Morgan fingerprint density at radius 2 is 1.95 bits per heavy atom. The Labute approximate surface area is 110 Å². The lowest BCUT2D eigenvalue weighted by Gasteiger charge is -2.16. The fourth-order valence-corrected chi connectivity index (χ4v) is 2.05. The molecule has 1 atom stereocenters. The summed E-state index contributed by atoms with van der Waals surface area (Å²) in [6.45, 7) is 1.60. The van der Waals surface area contributed by atoms with E-state index in [2.05, 4.69) is 5.32 Å². The van der Waals surface area contributed by atoms with Gasteiger partial charge in [0.05, 0.1) is 5.92 Å². The minimum Gasteiger partial charge on any atom is -0.481 e. The Hall–Kier alpha value is -2.37. The molecule has 1 aromatic rings. The molecule has 2 N–H and O–H groups in total. The minimum absolute atomic E-state index is 0.0305. The number of amides is 2. The van der Waals surface area contributed by atoms with Crippen molar-refractivity contribution < 1.29 is 19.5 Å². The Kier molecular flexibility index (Phi) is 3.50. The van der Waals surface area contributed by atoms with Crippen LogP contribution in [0.25, 0.3) is 0 Å². The number of nitrogens with one attached hydrogen (secondary N) is 1. The first kappa shape index (κ1) is 13.1. The van der Waals surface area contributed by atoms with E-state index >= 15 is 0 Å². The smallest absolute Gasteiger partial charge is 0.308 e. The molecule has 1 saturated heterocycles. The molecule has 0 radical (unpaired) electrons. The van der Waals surface area contributed by atoms with Gasteiger partial charge in [-0.1, -0.05) is 0 Å². The van der Waals surface area contributed by atoms with Crippen molar-refractivity contribution in [3.63, 3.8) is 0 Å². The van der Waals surface area contributed by atoms with Crippen molar-refractivity contribution in [2.45, 2.75) is 13.3 Å². The zero-order valence-corrected chi connectivity index (χ0v) is 10.4. The number of carboxylic acids is 1. The van der Waals surface area contributed by atoms with E-state index in [1.54, 1.807) is 24.3 Å². The molecule has 100 valence electrons. The number of rotatable bonds is 3. The minimum atomic E-state index is -0.953. The topological polar surface area (TPSA) is 86.7 Å². The van der Waals surface area contributed by atoms with E-state index in [0.29, 0.717) is 11.4 Å². The fourth-order valence-electron chi connectivity index (χ4n) is 2.05. The molecule has 0 bridgehead atoms. The third-order valence-corrected chi connectivity index (χ3v) is 2.97. The van der Waals surface area contributed by atoms with Crippen LogP contribution < -0.4 is 10.2 Å². The van der Waals surface area contributed by atoms with Crippen LogP contribution in [0.1, 0.15) is 13.3 Å². The monoisotopic (exact) mass is 262 g/mol. The van der Waals surface area contributed by atoms with Gasteiger partial charge >= 0.3 is 5.97 Å². The molecule has 0 unspecified atom stereocenters. The van der Waals surface area contributed by atoms with E-state index < -0.39 is 11.9 Å². The van der Waals surface area contributed by atoms with Gasteiger partial charge in [-0.25, -0.2) is 0 Å². The predicted molar refractivity (Wildman–Crippen MR) is 68.8 cm³/mol. The van der Waals surface area contributed by atoms with Crippen LogP contribution in [-0.2, 0) is 14.4 Å². The molecule has 2 amide bonds. The van der Waals surface area contributed by atoms with Crippen molar-refractivity contribution in [3.8, 4) is 0 Å². The van der Waals surface area contributed by atoms with Crippen LogP contribution in [0.15, 0.2) is 24.3 Å². The molecule has 1 heterocycles. The SMILES string of the molecule is CC(=O)Nc1ccc(N2C[C@@H](C(=O)O)CC2=O)cc1. The van der Waals surface area contributed by atoms with Crippen LogP contribution in [0.4, 0.5) is 11.4 Å². The standard InChI is InChI=1S/C13H14N2O4/c1-8(16)14-10-2-4-11(5-3-10)15-7-9(13(18)19)6-12(15)17/h2-5,9H,6-7H2,1H3,(H,14,16)(H,18,19)/t9-/m0/s1. The van der Waals surface area contributed by atoms with E-state index in [9.17, 15) is 14.4 Å². The van der Waals surface area contributed by atoms with Gasteiger partial charge in [0, 0.05) is 31.3 Å². The molecular weight excluding hydrogens is 248 g/mol. The summed E-state index contributed by atoms with van der Waals surface area (Å²) in [6, 6.07) is 6.73. The summed E-state index contributed by atoms with van der Waals surface area (Å²) in [5, 5.41) is 11.5. The number of hydrogen-bond acceptors (Lipinski definition) is 3. The van der Waals surface area contributed by atoms with Crippen LogP contribution in [0, 0.1) is 5.92 Å². The third-order valence-electron chi connectivity index (χ3n) is 2.97. The van der Waals surface area contributed by atoms with Gasteiger partial charge in [0.1, 0.15) is 0 Å². The van der Waals surface area contributed by atoms with Crippen molar-refractivity contribution >= 4 is 29.2 Å². The molecule has 0 spiro atoms. The lowest BCUT2D eigenvalue weighted by molar-refractivity contribution is -0.141. The summed E-state index contributed by atoms with van der Waals surface area (Å²) in [4.78, 5) is 35.0. The van der Waals surface area contributed by atoms with Crippen LogP contribution in [0.3, 0.4) is 0 Å². The van der Waals surface area contributed by atoms with Gasteiger partial charge in [-0.2, -0.15) is 0 Å². The van der Waals surface area contributed by atoms with E-state index in [4.69, 9.17) is 5.11 Å². The molecule has 0 aliphatic carbocycles. The molecule has 6 heteroatoms. The van der Waals surface area contributed by atoms with Gasteiger partial charge in [0.15, 0.2) is 0 Å². The van der Waals surface area contributed by atoms with Gasteiger partial charge in [-0.15, -0.1) is 0 Å². The van der Waals surface area contributed by atoms with Crippen LogP contribution in [0.2, 0.25) is 0 Å². The summed E-state index contributed by atoms with van der Waals surface area (Å²) in [5.74, 6) is -1.97. The molecule has 0 aromatic heterocycles. The maximum atomic E-state index is 11.7. The lowest BCUT2D eigenvalue weighted by Crippen LogP contribution is -2.25. The molecule has 1 aromatic carbocycles. The zero-order chi connectivity index (χ0) is 14.0. The Balaban J connectivity index is 2.12. The summed E-state index contributed by atoms with van der Waals surface area (Å²) >= 11 is 0. The van der Waals surface area contributed by atoms with Crippen LogP contribution in [-0.4, -0.2) is 29.4 Å². The number of aliphatic carboxylic acids is 1. The highest BCUT2D eigenvalue weighted by molar-refractivity contribution is 5.99. The maximum Gasteiger partial charge on any atom is 0.308 e. The predicted octanol–water partition coefficient (Wildman–Crippen LogP) is 1.08. The molecule has 0 saturated carbocycles. The first-order valence-electron chi connectivity index (χ1n) is 5.88. The number of benzene rings is 1. The Morgan fingerprint density at radius 3 is 2.42 bits per heavy atom. The summed E-state index contributed by atoms with van der Waals surface area (Å²) in [6.07, 6.45) is 0.0305. The van der Waals surface area contributed by atoms with E-state index in [1.807, 2.05) is 0 Å². The maximum absolute atomic E-state index is 11.7. The van der Waals surface area contributed by atoms with Crippen molar-refractivity contribution in [2.24, 2.45) is 5.92 Å². The average molecular weight is 262 g/mol. The molecule has 19 heavy (non-hydrogen) atoms. The van der Waals surface area contributed by atoms with Gasteiger partial charge in [0.2, 0.25) is 11.8 Å². The van der Waals surface area contributed by atoms with Crippen LogP contribution in [0.5, 0.6) is 0 Å². The second-order valence-electron chi connectivity index (χ2n) is 4.47. The number of carbonyl (C=O) groups is 3. The molecule has 1 aliphatic heterocycles. The van der Waals surface area contributed by atoms with E-state index in [1.165, 1.54) is 11.8 Å². The number of nitrogens with zero attached hydrogens (tertiary/aromatic N) is 1. The summed E-state index contributed by atoms with van der Waals surface area (Å²) in [5.41, 5.74) is 1.28. The lowest BCUT2D eigenvalue weighted by atomic mass is 10.1. The summed E-state index contributed by atoms with van der Waals surface area (Å²) < 4.78 is 0. The van der Waals surface area contributed by atoms with E-state index in [-0.39, 0.29) is 24.8 Å². The second-order valence-corrected chi connectivity index (χ2v) is 4.47. The molecule has 1 fully saturated rings. The molecule has 1 aliphatic rings. The number of hydrogen-bond donors (Lipinski definition) is 2. The molecule has 2 rings (SSSR count). The highest BCUT2D eigenvalue weighted by Crippen LogP contribution is 2.26. The number of carboxylic acid groups (broad SMARTS) is 1. The van der Waals surface area contributed by atoms with Gasteiger partial charge < -0.3 is 15.3 Å². The Bertz CT molecular complexity index is 524. The quantitative estimate of drug-likeness (QED) is 0.853. The first-order chi connectivity index (χ1) is 8.97. The first-order valence-corrected chi connectivity index (χ1v) is 5.88. The van der Waals surface area contributed by atoms with Gasteiger partial charge in [0.25, 0.3) is 0 Å². The second kappa shape index (κ2) is 5.09. The fraction of sp³-hybridized carbons (Fsp3) is 0.308. The highest BCUT2D eigenvalue weighted by atomic mass is 16.4. The highest BCUT2D eigenvalue weighted by Gasteiger charge is 2.34. The zero-order valence-electron chi connectivity index (χ0n) is 10.4. The average Bonchev–Trinajstić information content (AvgIpc) is 2.72. The Morgan fingerprint density at radius 1 is 1.32 bits per heavy atom. The van der Waals surface area contributed by atoms with Crippen molar-refractivity contribution in [1.29, 1.82) is 0 Å². The van der Waals surface area contributed by atoms with Crippen molar-refractivity contribution in [3.05, 3.63) is 24.3 Å².